The Morgan fingerprint density at radius 1 is 0.864 bits per heavy atom. The second-order valence-corrected chi connectivity index (χ2v) is 7.18. The molecule has 0 aliphatic heterocycles. The van der Waals surface area contributed by atoms with Gasteiger partial charge in [-0.05, 0) is 18.6 Å². The third kappa shape index (κ3) is 12.1. The van der Waals surface area contributed by atoms with E-state index in [4.69, 9.17) is 4.18 Å². The van der Waals surface area contributed by atoms with Gasteiger partial charge >= 0.3 is 61.5 Å². The van der Waals surface area contributed by atoms with Crippen LogP contribution in [0.1, 0.15) is 66.1 Å². The molecule has 3 nitrogen and oxygen atoms in total. The van der Waals surface area contributed by atoms with Gasteiger partial charge in [0.1, 0.15) is 5.75 Å². The van der Waals surface area contributed by atoms with E-state index < -0.39 is 10.1 Å². The van der Waals surface area contributed by atoms with E-state index in [0.29, 0.717) is 12.2 Å². The number of rotatable bonds is 12. The standard InChI is InChI=1S/C17H28O3S.K.H/c1-2-3-4-5-6-7-8-9-13-16-21(18,19)20-17-14-11-10-12-15-17;;/h10-12,14-15H,2-9,13,16H2,1H3;;/q;+1;-1. The Morgan fingerprint density at radius 3 is 1.91 bits per heavy atom. The van der Waals surface area contributed by atoms with Crippen LogP contribution in [-0.2, 0) is 10.1 Å². The van der Waals surface area contributed by atoms with Crippen LogP contribution in [0.3, 0.4) is 0 Å². The third-order valence-corrected chi connectivity index (χ3v) is 4.70. The van der Waals surface area contributed by atoms with E-state index in [-0.39, 0.29) is 58.6 Å². The molecule has 0 N–H and O–H groups in total. The van der Waals surface area contributed by atoms with Crippen molar-refractivity contribution in [2.45, 2.75) is 64.7 Å². The number of hydrogen-bond acceptors (Lipinski definition) is 3. The largest absolute Gasteiger partial charge is 1.00 e. The quantitative estimate of drug-likeness (QED) is 0.328. The van der Waals surface area contributed by atoms with Crippen molar-refractivity contribution < 1.29 is 65.4 Å². The Kier molecular flexibility index (Phi) is 14.4. The Hall–Kier alpha value is 0.606. The van der Waals surface area contributed by atoms with E-state index >= 15 is 0 Å². The summed E-state index contributed by atoms with van der Waals surface area (Å²) >= 11 is 0. The van der Waals surface area contributed by atoms with Crippen LogP contribution in [0.2, 0.25) is 0 Å². The summed E-state index contributed by atoms with van der Waals surface area (Å²) in [5.74, 6) is 0.506. The topological polar surface area (TPSA) is 43.4 Å². The molecule has 0 unspecified atom stereocenters. The Labute approximate surface area is 180 Å². The fraction of sp³-hybridized carbons (Fsp3) is 0.647. The van der Waals surface area contributed by atoms with Gasteiger partial charge in [0, 0.05) is 0 Å². The van der Waals surface area contributed by atoms with Gasteiger partial charge in [-0.2, -0.15) is 8.42 Å². The van der Waals surface area contributed by atoms with Crippen LogP contribution < -0.4 is 55.6 Å². The smallest absolute Gasteiger partial charge is 1.00 e. The molecular weight excluding hydrogens is 323 g/mol. The molecule has 1 aromatic rings. The molecule has 22 heavy (non-hydrogen) atoms. The van der Waals surface area contributed by atoms with Crippen LogP contribution in [0.5, 0.6) is 5.75 Å². The molecule has 0 atom stereocenters. The summed E-state index contributed by atoms with van der Waals surface area (Å²) in [6, 6.07) is 8.69. The fourth-order valence-electron chi connectivity index (χ4n) is 2.25. The van der Waals surface area contributed by atoms with Crippen molar-refractivity contribution >= 4 is 10.1 Å². The molecule has 1 rings (SSSR count). The minimum atomic E-state index is -3.44. The molecule has 1 aromatic carbocycles. The first-order valence-corrected chi connectivity index (χ1v) is 9.69. The maximum absolute atomic E-state index is 11.8. The van der Waals surface area contributed by atoms with Gasteiger partial charge in [-0.25, -0.2) is 0 Å². The first-order chi connectivity index (χ1) is 10.1. The van der Waals surface area contributed by atoms with E-state index in [1.165, 1.54) is 38.5 Å². The summed E-state index contributed by atoms with van der Waals surface area (Å²) in [6.07, 6.45) is 10.5. The zero-order chi connectivity index (χ0) is 15.4. The molecule has 5 heteroatoms. The predicted molar refractivity (Wildman–Crippen MR) is 89.2 cm³/mol. The van der Waals surface area contributed by atoms with Crippen LogP contribution in [0.4, 0.5) is 0 Å². The van der Waals surface area contributed by atoms with Crippen molar-refractivity contribution in [2.24, 2.45) is 0 Å². The van der Waals surface area contributed by atoms with Gasteiger partial charge in [0.25, 0.3) is 0 Å². The second kappa shape index (κ2) is 14.0. The summed E-state index contributed by atoms with van der Waals surface area (Å²) in [4.78, 5) is 0. The van der Waals surface area contributed by atoms with E-state index in [9.17, 15) is 8.42 Å². The van der Waals surface area contributed by atoms with Crippen LogP contribution in [0.15, 0.2) is 30.3 Å². The maximum Gasteiger partial charge on any atom is 1.00 e. The average Bonchev–Trinajstić information content (AvgIpc) is 2.46. The molecule has 0 aromatic heterocycles. The van der Waals surface area contributed by atoms with Crippen molar-refractivity contribution in [3.05, 3.63) is 30.3 Å². The summed E-state index contributed by atoms with van der Waals surface area (Å²) in [6.45, 7) is 2.22. The van der Waals surface area contributed by atoms with Gasteiger partial charge < -0.3 is 5.61 Å². The van der Waals surface area contributed by atoms with Crippen molar-refractivity contribution in [3.63, 3.8) is 0 Å². The van der Waals surface area contributed by atoms with Gasteiger partial charge in [-0.3, -0.25) is 0 Å². The molecule has 0 aliphatic rings. The molecule has 0 fully saturated rings. The maximum atomic E-state index is 11.8. The monoisotopic (exact) mass is 352 g/mol. The zero-order valence-corrected chi connectivity index (χ0v) is 18.0. The van der Waals surface area contributed by atoms with Gasteiger partial charge in [0.2, 0.25) is 0 Å². The molecule has 122 valence electrons. The molecular formula is C17H29KO3S. The number of para-hydroxylation sites is 1. The van der Waals surface area contributed by atoms with E-state index in [0.717, 1.165) is 12.8 Å². The van der Waals surface area contributed by atoms with Crippen LogP contribution in [-0.4, -0.2) is 14.2 Å². The fourth-order valence-corrected chi connectivity index (χ4v) is 3.30. The van der Waals surface area contributed by atoms with Gasteiger partial charge in [-0.15, -0.1) is 0 Å². The molecule has 0 saturated heterocycles. The van der Waals surface area contributed by atoms with Crippen molar-refractivity contribution in [2.75, 3.05) is 5.75 Å². The minimum Gasteiger partial charge on any atom is -1.00 e. The first kappa shape index (κ1) is 22.6. The summed E-state index contributed by atoms with van der Waals surface area (Å²) in [5, 5.41) is 0. The summed E-state index contributed by atoms with van der Waals surface area (Å²) < 4.78 is 28.6. The normalized spacial score (nSPS) is 11.0. The first-order valence-electron chi connectivity index (χ1n) is 8.11. The van der Waals surface area contributed by atoms with E-state index in [2.05, 4.69) is 6.92 Å². The SMILES string of the molecule is CCCCCCCCCCCS(=O)(=O)Oc1ccccc1.[H-].[K+]. The van der Waals surface area contributed by atoms with E-state index in [1.54, 1.807) is 24.3 Å². The molecule has 0 saturated carbocycles. The van der Waals surface area contributed by atoms with Crippen LogP contribution in [0.25, 0.3) is 0 Å². The van der Waals surface area contributed by atoms with Gasteiger partial charge in [0.05, 0.1) is 5.75 Å². The molecule has 0 heterocycles. The Bertz CT molecular complexity index is 466. The number of benzene rings is 1. The molecule has 0 radical (unpaired) electrons. The van der Waals surface area contributed by atoms with Crippen LogP contribution >= 0.6 is 0 Å². The van der Waals surface area contributed by atoms with Gasteiger partial charge in [0.15, 0.2) is 0 Å². The molecule has 0 spiro atoms. The molecule has 0 bridgehead atoms. The average molecular weight is 353 g/mol. The minimum absolute atomic E-state index is 0. The predicted octanol–water partition coefficient (Wildman–Crippen LogP) is 2.04. The zero-order valence-electron chi connectivity index (χ0n) is 15.1. The molecule has 0 aliphatic carbocycles. The second-order valence-electron chi connectivity index (χ2n) is 5.49. The Balaban J connectivity index is 0. The molecule has 0 amide bonds. The number of unbranched alkanes of at least 4 members (excludes halogenated alkanes) is 8. The van der Waals surface area contributed by atoms with Crippen molar-refractivity contribution in [3.8, 4) is 5.75 Å². The third-order valence-electron chi connectivity index (χ3n) is 3.46. The van der Waals surface area contributed by atoms with Crippen molar-refractivity contribution in [1.29, 1.82) is 0 Å². The summed E-state index contributed by atoms with van der Waals surface area (Å²) in [5.41, 5.74) is 0. The number of hydrogen-bond donors (Lipinski definition) is 0. The van der Waals surface area contributed by atoms with Crippen molar-refractivity contribution in [1.82, 2.24) is 0 Å². The Morgan fingerprint density at radius 2 is 1.36 bits per heavy atom. The summed E-state index contributed by atoms with van der Waals surface area (Å²) in [7, 11) is -3.44. The van der Waals surface area contributed by atoms with Gasteiger partial charge in [-0.1, -0.05) is 76.5 Å². The van der Waals surface area contributed by atoms with E-state index in [1.807, 2.05) is 6.07 Å². The van der Waals surface area contributed by atoms with Crippen LogP contribution in [0, 0.1) is 0 Å².